The summed E-state index contributed by atoms with van der Waals surface area (Å²) in [4.78, 5) is 1.24. The van der Waals surface area contributed by atoms with Gasteiger partial charge in [0, 0.05) is 25.7 Å². The SMILES string of the molecule is CCC1CNCCN1c1c(F)c(F)c(F)c(F)c1F. The lowest BCUT2D eigenvalue weighted by atomic mass is 10.1. The van der Waals surface area contributed by atoms with Crippen LogP contribution in [0.1, 0.15) is 13.3 Å². The molecule has 1 heterocycles. The van der Waals surface area contributed by atoms with Crippen LogP contribution < -0.4 is 10.2 Å². The molecule has 1 N–H and O–H groups in total. The number of nitrogens with zero attached hydrogens (tertiary/aromatic N) is 1. The summed E-state index contributed by atoms with van der Waals surface area (Å²) < 4.78 is 66.8. The van der Waals surface area contributed by atoms with E-state index in [1.165, 1.54) is 4.90 Å². The van der Waals surface area contributed by atoms with Gasteiger partial charge in [0.15, 0.2) is 23.3 Å². The molecule has 1 aliphatic rings. The van der Waals surface area contributed by atoms with Gasteiger partial charge in [0.25, 0.3) is 0 Å². The first kappa shape index (κ1) is 14.0. The third-order valence-electron chi connectivity index (χ3n) is 3.30. The molecule has 0 aromatic heterocycles. The lowest BCUT2D eigenvalue weighted by molar-refractivity contribution is 0.370. The van der Waals surface area contributed by atoms with E-state index in [-0.39, 0.29) is 12.6 Å². The fourth-order valence-electron chi connectivity index (χ4n) is 2.27. The fourth-order valence-corrected chi connectivity index (χ4v) is 2.27. The van der Waals surface area contributed by atoms with Crippen molar-refractivity contribution in [1.29, 1.82) is 0 Å². The van der Waals surface area contributed by atoms with Crippen molar-refractivity contribution in [2.24, 2.45) is 0 Å². The highest BCUT2D eigenvalue weighted by Gasteiger charge is 2.32. The molecule has 7 heteroatoms. The number of benzene rings is 1. The Morgan fingerprint density at radius 1 is 1.00 bits per heavy atom. The minimum absolute atomic E-state index is 0.191. The number of rotatable bonds is 2. The quantitative estimate of drug-likeness (QED) is 0.509. The molecule has 0 radical (unpaired) electrons. The zero-order valence-corrected chi connectivity index (χ0v) is 10.2. The van der Waals surface area contributed by atoms with Gasteiger partial charge in [0.1, 0.15) is 5.69 Å². The van der Waals surface area contributed by atoms with Crippen molar-refractivity contribution in [3.63, 3.8) is 0 Å². The maximum absolute atomic E-state index is 13.7. The molecule has 1 saturated heterocycles. The van der Waals surface area contributed by atoms with Gasteiger partial charge in [-0.05, 0) is 6.42 Å². The van der Waals surface area contributed by atoms with Crippen molar-refractivity contribution in [3.8, 4) is 0 Å². The Labute approximate surface area is 107 Å². The van der Waals surface area contributed by atoms with Crippen LogP contribution in [0.4, 0.5) is 27.6 Å². The van der Waals surface area contributed by atoms with Gasteiger partial charge in [-0.2, -0.15) is 0 Å². The predicted octanol–water partition coefficient (Wildman–Crippen LogP) is 2.57. The second kappa shape index (κ2) is 5.32. The lowest BCUT2D eigenvalue weighted by Gasteiger charge is -2.37. The van der Waals surface area contributed by atoms with Crippen LogP contribution in [0.25, 0.3) is 0 Å². The van der Waals surface area contributed by atoms with Crippen LogP contribution in [-0.2, 0) is 0 Å². The molecular weight excluding hydrogens is 267 g/mol. The van der Waals surface area contributed by atoms with Gasteiger partial charge in [0.05, 0.1) is 0 Å². The van der Waals surface area contributed by atoms with Crippen molar-refractivity contribution < 1.29 is 22.0 Å². The first-order chi connectivity index (χ1) is 8.99. The predicted molar refractivity (Wildman–Crippen MR) is 60.5 cm³/mol. The molecule has 1 atom stereocenters. The molecule has 19 heavy (non-hydrogen) atoms. The molecule has 1 fully saturated rings. The van der Waals surface area contributed by atoms with Crippen molar-refractivity contribution >= 4 is 5.69 Å². The second-order valence-electron chi connectivity index (χ2n) is 4.38. The highest BCUT2D eigenvalue weighted by molar-refractivity contribution is 5.52. The van der Waals surface area contributed by atoms with Gasteiger partial charge in [-0.1, -0.05) is 6.92 Å². The van der Waals surface area contributed by atoms with Gasteiger partial charge in [-0.25, -0.2) is 22.0 Å². The van der Waals surface area contributed by atoms with Crippen LogP contribution in [0.5, 0.6) is 0 Å². The Bertz CT molecular complexity index is 462. The molecule has 1 unspecified atom stereocenters. The van der Waals surface area contributed by atoms with Crippen LogP contribution in [0.3, 0.4) is 0 Å². The van der Waals surface area contributed by atoms with Crippen molar-refractivity contribution in [1.82, 2.24) is 5.32 Å². The monoisotopic (exact) mass is 280 g/mol. The van der Waals surface area contributed by atoms with Crippen LogP contribution in [-0.4, -0.2) is 25.7 Å². The molecule has 2 rings (SSSR count). The Hall–Kier alpha value is -1.37. The largest absolute Gasteiger partial charge is 0.361 e. The zero-order valence-electron chi connectivity index (χ0n) is 10.2. The molecule has 2 nitrogen and oxygen atoms in total. The maximum atomic E-state index is 13.7. The molecule has 1 aromatic rings. The Kier molecular flexibility index (Phi) is 3.93. The summed E-state index contributed by atoms with van der Waals surface area (Å²) in [5.41, 5.74) is -0.829. The summed E-state index contributed by atoms with van der Waals surface area (Å²) in [6, 6.07) is -0.304. The molecule has 0 spiro atoms. The van der Waals surface area contributed by atoms with Crippen LogP contribution in [0.15, 0.2) is 0 Å². The number of anilines is 1. The van der Waals surface area contributed by atoms with Gasteiger partial charge in [0.2, 0.25) is 5.82 Å². The number of halogens is 5. The van der Waals surface area contributed by atoms with Gasteiger partial charge in [-0.3, -0.25) is 0 Å². The zero-order chi connectivity index (χ0) is 14.2. The Morgan fingerprint density at radius 2 is 1.53 bits per heavy atom. The molecule has 1 aliphatic heterocycles. The van der Waals surface area contributed by atoms with E-state index in [2.05, 4.69) is 5.32 Å². The first-order valence-electron chi connectivity index (χ1n) is 5.97. The number of hydrogen-bond donors (Lipinski definition) is 1. The summed E-state index contributed by atoms with van der Waals surface area (Å²) in [6.07, 6.45) is 0.534. The van der Waals surface area contributed by atoms with E-state index in [1.54, 1.807) is 6.92 Å². The molecule has 0 saturated carbocycles. The lowest BCUT2D eigenvalue weighted by Crippen LogP contribution is -2.52. The standard InChI is InChI=1S/C12H13F5N2/c1-2-6-5-18-3-4-19(6)12-10(16)8(14)7(13)9(15)11(12)17/h6,18H,2-5H2,1H3. The topological polar surface area (TPSA) is 15.3 Å². The van der Waals surface area contributed by atoms with E-state index in [9.17, 15) is 22.0 Å². The van der Waals surface area contributed by atoms with E-state index in [4.69, 9.17) is 0 Å². The average molecular weight is 280 g/mol. The summed E-state index contributed by atoms with van der Waals surface area (Å²) in [7, 11) is 0. The minimum atomic E-state index is -2.12. The highest BCUT2D eigenvalue weighted by atomic mass is 19.2. The van der Waals surface area contributed by atoms with E-state index < -0.39 is 34.8 Å². The van der Waals surface area contributed by atoms with E-state index >= 15 is 0 Å². The molecule has 0 bridgehead atoms. The van der Waals surface area contributed by atoms with Crippen LogP contribution in [0, 0.1) is 29.1 Å². The van der Waals surface area contributed by atoms with Crippen LogP contribution in [0.2, 0.25) is 0 Å². The minimum Gasteiger partial charge on any atom is -0.361 e. The summed E-state index contributed by atoms with van der Waals surface area (Å²) in [5, 5.41) is 3.02. The van der Waals surface area contributed by atoms with Crippen molar-refractivity contribution in [3.05, 3.63) is 29.1 Å². The van der Waals surface area contributed by atoms with Gasteiger partial charge < -0.3 is 10.2 Å². The first-order valence-corrected chi connectivity index (χ1v) is 5.97. The van der Waals surface area contributed by atoms with Crippen LogP contribution >= 0.6 is 0 Å². The van der Waals surface area contributed by atoms with Gasteiger partial charge in [-0.15, -0.1) is 0 Å². The summed E-state index contributed by atoms with van der Waals surface area (Å²) in [5.74, 6) is -9.46. The summed E-state index contributed by atoms with van der Waals surface area (Å²) in [6.45, 7) is 2.85. The molecule has 0 amide bonds. The number of nitrogens with one attached hydrogen (secondary N) is 1. The number of piperazine rings is 1. The van der Waals surface area contributed by atoms with E-state index in [0.717, 1.165) is 0 Å². The number of hydrogen-bond acceptors (Lipinski definition) is 2. The Morgan fingerprint density at radius 3 is 2.05 bits per heavy atom. The third-order valence-corrected chi connectivity index (χ3v) is 3.30. The molecule has 0 aliphatic carbocycles. The third kappa shape index (κ3) is 2.27. The smallest absolute Gasteiger partial charge is 0.200 e. The van der Waals surface area contributed by atoms with Crippen molar-refractivity contribution in [2.75, 3.05) is 24.5 Å². The van der Waals surface area contributed by atoms with Gasteiger partial charge >= 0.3 is 0 Å². The average Bonchev–Trinajstić information content (AvgIpc) is 2.44. The molecular formula is C12H13F5N2. The van der Waals surface area contributed by atoms with E-state index in [0.29, 0.717) is 19.5 Å². The summed E-state index contributed by atoms with van der Waals surface area (Å²) >= 11 is 0. The maximum Gasteiger partial charge on any atom is 0.200 e. The highest BCUT2D eigenvalue weighted by Crippen LogP contribution is 2.32. The van der Waals surface area contributed by atoms with Crippen molar-refractivity contribution in [2.45, 2.75) is 19.4 Å². The Balaban J connectivity index is 2.55. The van der Waals surface area contributed by atoms with E-state index in [1.807, 2.05) is 0 Å². The normalized spacial score (nSPS) is 19.9. The molecule has 1 aromatic carbocycles. The second-order valence-corrected chi connectivity index (χ2v) is 4.38. The molecule has 106 valence electrons. The fraction of sp³-hybridized carbons (Fsp3) is 0.500.